The van der Waals surface area contributed by atoms with E-state index in [1.165, 1.54) is 0 Å². The number of hydrogen-bond donors (Lipinski definition) is 1. The van der Waals surface area contributed by atoms with E-state index in [0.29, 0.717) is 11.7 Å². The van der Waals surface area contributed by atoms with E-state index in [9.17, 15) is 0 Å². The second-order valence-corrected chi connectivity index (χ2v) is 6.20. The second kappa shape index (κ2) is 5.25. The highest BCUT2D eigenvalue weighted by Gasteiger charge is 2.25. The Morgan fingerprint density at radius 2 is 2.00 bits per heavy atom. The zero-order chi connectivity index (χ0) is 15.1. The lowest BCUT2D eigenvalue weighted by Gasteiger charge is -2.26. The molecule has 0 saturated carbocycles. The van der Waals surface area contributed by atoms with E-state index in [0.717, 1.165) is 54.0 Å². The van der Waals surface area contributed by atoms with Crippen molar-refractivity contribution in [2.24, 2.45) is 0 Å². The van der Waals surface area contributed by atoms with Crippen LogP contribution in [0.25, 0.3) is 22.3 Å². The summed E-state index contributed by atoms with van der Waals surface area (Å²) in [7, 11) is 2.16. The molecular weight excluding hydrogens is 276 g/mol. The molecule has 22 heavy (non-hydrogen) atoms. The van der Waals surface area contributed by atoms with Crippen LogP contribution in [-0.4, -0.2) is 40.2 Å². The monoisotopic (exact) mass is 296 g/mol. The lowest BCUT2D eigenvalue weighted by atomic mass is 9.97. The molecule has 1 fully saturated rings. The van der Waals surface area contributed by atoms with Gasteiger partial charge in [0.25, 0.3) is 0 Å². The summed E-state index contributed by atoms with van der Waals surface area (Å²) < 4.78 is 5.57. The van der Waals surface area contributed by atoms with Crippen LogP contribution in [-0.2, 0) is 0 Å². The molecule has 3 aromatic rings. The van der Waals surface area contributed by atoms with Gasteiger partial charge in [-0.2, -0.15) is 4.98 Å². The largest absolute Gasteiger partial charge is 0.358 e. The maximum atomic E-state index is 5.57. The van der Waals surface area contributed by atoms with Gasteiger partial charge in [-0.3, -0.25) is 0 Å². The van der Waals surface area contributed by atoms with Crippen molar-refractivity contribution in [3.05, 3.63) is 35.9 Å². The number of piperidine rings is 1. The predicted molar refractivity (Wildman–Crippen MR) is 85.8 cm³/mol. The smallest absolute Gasteiger partial charge is 0.230 e. The summed E-state index contributed by atoms with van der Waals surface area (Å²) >= 11 is 0. The molecule has 0 amide bonds. The number of aromatic nitrogens is 3. The third-order valence-electron chi connectivity index (χ3n) is 4.63. The number of rotatable bonds is 2. The van der Waals surface area contributed by atoms with Gasteiger partial charge in [-0.15, -0.1) is 0 Å². The Balaban J connectivity index is 1.70. The minimum absolute atomic E-state index is 0.392. The van der Waals surface area contributed by atoms with Gasteiger partial charge < -0.3 is 14.4 Å². The Kier molecular flexibility index (Phi) is 3.22. The van der Waals surface area contributed by atoms with Gasteiger partial charge in [0.2, 0.25) is 11.7 Å². The van der Waals surface area contributed by atoms with E-state index < -0.39 is 0 Å². The molecule has 5 nitrogen and oxygen atoms in total. The van der Waals surface area contributed by atoms with Crippen molar-refractivity contribution in [2.75, 3.05) is 20.1 Å². The number of fused-ring (bicyclic) bond motifs is 1. The minimum atomic E-state index is 0.392. The number of likely N-dealkylation sites (tertiary alicyclic amines) is 1. The number of nitrogens with one attached hydrogen (secondary N) is 1. The molecule has 0 atom stereocenters. The summed E-state index contributed by atoms with van der Waals surface area (Å²) in [6.07, 6.45) is 2.18. The maximum absolute atomic E-state index is 5.57. The molecule has 1 N–H and O–H groups in total. The summed E-state index contributed by atoms with van der Waals surface area (Å²) in [5.74, 6) is 1.87. The molecule has 1 aliphatic heterocycles. The average Bonchev–Trinajstić information content (AvgIpc) is 3.11. The number of H-pyrrole nitrogens is 1. The van der Waals surface area contributed by atoms with Crippen molar-refractivity contribution in [1.29, 1.82) is 0 Å². The Hall–Kier alpha value is -2.14. The first kappa shape index (κ1) is 13.5. The molecule has 1 aliphatic rings. The van der Waals surface area contributed by atoms with Gasteiger partial charge in [0, 0.05) is 22.5 Å². The van der Waals surface area contributed by atoms with Crippen molar-refractivity contribution in [1.82, 2.24) is 20.0 Å². The van der Waals surface area contributed by atoms with E-state index in [1.54, 1.807) is 0 Å². The average molecular weight is 296 g/mol. The molecule has 0 unspecified atom stereocenters. The van der Waals surface area contributed by atoms with Gasteiger partial charge in [-0.05, 0) is 46.0 Å². The molecule has 4 rings (SSSR count). The molecular formula is C17H20N4O. The molecule has 0 aliphatic carbocycles. The van der Waals surface area contributed by atoms with Crippen LogP contribution in [0.3, 0.4) is 0 Å². The van der Waals surface area contributed by atoms with E-state index in [-0.39, 0.29) is 0 Å². The fourth-order valence-electron chi connectivity index (χ4n) is 3.32. The van der Waals surface area contributed by atoms with Crippen LogP contribution in [0.5, 0.6) is 0 Å². The highest BCUT2D eigenvalue weighted by atomic mass is 16.5. The highest BCUT2D eigenvalue weighted by Crippen LogP contribution is 2.32. The fraction of sp³-hybridized carbons (Fsp3) is 0.412. The zero-order valence-electron chi connectivity index (χ0n) is 13.0. The Morgan fingerprint density at radius 1 is 1.23 bits per heavy atom. The van der Waals surface area contributed by atoms with Crippen molar-refractivity contribution < 1.29 is 4.52 Å². The van der Waals surface area contributed by atoms with Crippen LogP contribution < -0.4 is 0 Å². The van der Waals surface area contributed by atoms with Crippen LogP contribution in [0.4, 0.5) is 0 Å². The first-order chi connectivity index (χ1) is 10.7. The Bertz CT molecular complexity index is 796. The van der Waals surface area contributed by atoms with Gasteiger partial charge in [0.1, 0.15) is 0 Å². The minimum Gasteiger partial charge on any atom is -0.358 e. The third kappa shape index (κ3) is 2.22. The van der Waals surface area contributed by atoms with Gasteiger partial charge in [0.05, 0.1) is 5.56 Å². The second-order valence-electron chi connectivity index (χ2n) is 6.20. The zero-order valence-corrected chi connectivity index (χ0v) is 13.0. The van der Waals surface area contributed by atoms with Gasteiger partial charge in [-0.25, -0.2) is 0 Å². The molecule has 1 aromatic carbocycles. The highest BCUT2D eigenvalue weighted by molar-refractivity contribution is 5.95. The van der Waals surface area contributed by atoms with Crippen molar-refractivity contribution in [3.63, 3.8) is 0 Å². The lowest BCUT2D eigenvalue weighted by molar-refractivity contribution is 0.227. The molecule has 0 bridgehead atoms. The van der Waals surface area contributed by atoms with Crippen LogP contribution in [0.1, 0.15) is 30.3 Å². The normalized spacial score (nSPS) is 17.4. The number of benzene rings is 1. The van der Waals surface area contributed by atoms with Gasteiger partial charge in [0.15, 0.2) is 0 Å². The van der Waals surface area contributed by atoms with Crippen LogP contribution in [0.2, 0.25) is 0 Å². The van der Waals surface area contributed by atoms with Crippen LogP contribution in [0, 0.1) is 6.92 Å². The first-order valence-corrected chi connectivity index (χ1v) is 7.82. The summed E-state index contributed by atoms with van der Waals surface area (Å²) in [5.41, 5.74) is 3.25. The topological polar surface area (TPSA) is 58.0 Å². The lowest BCUT2D eigenvalue weighted by Crippen LogP contribution is -2.29. The summed E-state index contributed by atoms with van der Waals surface area (Å²) in [6, 6.07) is 8.24. The fourth-order valence-corrected chi connectivity index (χ4v) is 3.32. The van der Waals surface area contributed by atoms with Gasteiger partial charge in [-0.1, -0.05) is 23.4 Å². The van der Waals surface area contributed by atoms with Crippen LogP contribution in [0.15, 0.2) is 28.8 Å². The molecule has 0 radical (unpaired) electrons. The summed E-state index contributed by atoms with van der Waals surface area (Å²) in [6.45, 7) is 4.24. The molecule has 2 aromatic heterocycles. The van der Waals surface area contributed by atoms with Crippen molar-refractivity contribution in [2.45, 2.75) is 25.7 Å². The number of aryl methyl sites for hydroxylation is 1. The maximum Gasteiger partial charge on any atom is 0.230 e. The van der Waals surface area contributed by atoms with Crippen molar-refractivity contribution in [3.8, 4) is 11.4 Å². The van der Waals surface area contributed by atoms with E-state index in [2.05, 4.69) is 41.1 Å². The summed E-state index contributed by atoms with van der Waals surface area (Å²) in [5, 5.41) is 5.39. The Morgan fingerprint density at radius 3 is 2.82 bits per heavy atom. The Labute approximate surface area is 129 Å². The molecule has 3 heterocycles. The van der Waals surface area contributed by atoms with E-state index >= 15 is 0 Å². The first-order valence-electron chi connectivity index (χ1n) is 7.82. The van der Waals surface area contributed by atoms with E-state index in [1.807, 2.05) is 12.1 Å². The quantitative estimate of drug-likeness (QED) is 0.788. The van der Waals surface area contributed by atoms with E-state index in [4.69, 9.17) is 9.51 Å². The van der Waals surface area contributed by atoms with Crippen LogP contribution >= 0.6 is 0 Å². The number of aromatic amines is 1. The third-order valence-corrected chi connectivity index (χ3v) is 4.63. The number of para-hydroxylation sites is 1. The number of hydrogen-bond acceptors (Lipinski definition) is 4. The van der Waals surface area contributed by atoms with Gasteiger partial charge >= 0.3 is 0 Å². The molecule has 5 heteroatoms. The number of nitrogens with zero attached hydrogens (tertiary/aromatic N) is 3. The van der Waals surface area contributed by atoms with Crippen molar-refractivity contribution >= 4 is 10.9 Å². The summed E-state index contributed by atoms with van der Waals surface area (Å²) in [4.78, 5) is 10.4. The molecule has 114 valence electrons. The SMILES string of the molecule is Cc1[nH]c2ccccc2c1-c1noc(C2CCN(C)CC2)n1. The molecule has 1 saturated heterocycles. The standard InChI is InChI=1S/C17H20N4O/c1-11-15(13-5-3-4-6-14(13)18-11)16-19-17(22-20-16)12-7-9-21(2)10-8-12/h3-6,12,18H,7-10H2,1-2H3. The molecule has 0 spiro atoms. The predicted octanol–water partition coefficient (Wildman–Crippen LogP) is 3.34.